The largest absolute Gasteiger partial charge is 0.491 e. The summed E-state index contributed by atoms with van der Waals surface area (Å²) in [6.07, 6.45) is 0.158. The lowest BCUT2D eigenvalue weighted by Crippen LogP contribution is -2.05. The van der Waals surface area contributed by atoms with E-state index in [0.29, 0.717) is 6.54 Å². The molecule has 0 amide bonds. The molecule has 0 aliphatic heterocycles. The van der Waals surface area contributed by atoms with Gasteiger partial charge in [0.15, 0.2) is 0 Å². The van der Waals surface area contributed by atoms with Crippen molar-refractivity contribution < 1.29 is 9.13 Å². The summed E-state index contributed by atoms with van der Waals surface area (Å²) >= 11 is 5.65. The second-order valence-electron chi connectivity index (χ2n) is 4.79. The molecule has 2 aromatic carbocycles. The molecule has 0 aliphatic carbocycles. The van der Waals surface area contributed by atoms with Crippen LogP contribution in [0.2, 0.25) is 5.02 Å². The van der Waals surface area contributed by atoms with Gasteiger partial charge in [-0.15, -0.1) is 0 Å². The second kappa shape index (κ2) is 6.62. The summed E-state index contributed by atoms with van der Waals surface area (Å²) in [5.41, 5.74) is 1.80. The van der Waals surface area contributed by atoms with Crippen LogP contribution in [0.25, 0.3) is 0 Å². The first-order chi connectivity index (χ1) is 9.54. The van der Waals surface area contributed by atoms with E-state index in [0.717, 1.165) is 17.0 Å². The van der Waals surface area contributed by atoms with Crippen LogP contribution in [0.4, 0.5) is 10.1 Å². The van der Waals surface area contributed by atoms with Gasteiger partial charge in [0, 0.05) is 12.2 Å². The van der Waals surface area contributed by atoms with Crippen molar-refractivity contribution in [3.05, 3.63) is 58.9 Å². The van der Waals surface area contributed by atoms with Gasteiger partial charge in [-0.2, -0.15) is 0 Å². The Hall–Kier alpha value is -1.74. The van der Waals surface area contributed by atoms with Crippen LogP contribution in [0.5, 0.6) is 5.75 Å². The first-order valence-corrected chi connectivity index (χ1v) is 6.87. The van der Waals surface area contributed by atoms with Gasteiger partial charge in [-0.05, 0) is 55.8 Å². The number of nitrogens with one attached hydrogen (secondary N) is 1. The summed E-state index contributed by atoms with van der Waals surface area (Å²) in [6, 6.07) is 12.5. The van der Waals surface area contributed by atoms with Crippen molar-refractivity contribution in [2.24, 2.45) is 0 Å². The third-order valence-electron chi connectivity index (χ3n) is 2.71. The Balaban J connectivity index is 1.95. The first-order valence-electron chi connectivity index (χ1n) is 6.49. The molecule has 0 unspecified atom stereocenters. The van der Waals surface area contributed by atoms with Gasteiger partial charge in [0.2, 0.25) is 0 Å². The Bertz CT molecular complexity index is 569. The number of hydrogen-bond acceptors (Lipinski definition) is 2. The fraction of sp³-hybridized carbons (Fsp3) is 0.250. The number of anilines is 1. The lowest BCUT2D eigenvalue weighted by Gasteiger charge is -2.11. The maximum Gasteiger partial charge on any atom is 0.142 e. The predicted molar refractivity (Wildman–Crippen MR) is 80.9 cm³/mol. The van der Waals surface area contributed by atoms with E-state index in [1.165, 1.54) is 6.07 Å². The summed E-state index contributed by atoms with van der Waals surface area (Å²) in [5.74, 6) is 0.440. The highest BCUT2D eigenvalue weighted by Crippen LogP contribution is 2.19. The van der Waals surface area contributed by atoms with Gasteiger partial charge in [-0.25, -0.2) is 4.39 Å². The SMILES string of the molecule is CC(C)Oc1ccc(NCc2ccc(Cl)c(F)c2)cc1. The molecular formula is C16H17ClFNO. The van der Waals surface area contributed by atoms with Crippen molar-refractivity contribution in [1.29, 1.82) is 0 Å². The number of benzene rings is 2. The fourth-order valence-electron chi connectivity index (χ4n) is 1.78. The summed E-state index contributed by atoms with van der Waals surface area (Å²) in [6.45, 7) is 4.51. The van der Waals surface area contributed by atoms with E-state index in [1.807, 2.05) is 38.1 Å². The molecule has 0 heterocycles. The van der Waals surface area contributed by atoms with E-state index in [1.54, 1.807) is 12.1 Å². The molecule has 0 saturated carbocycles. The molecule has 106 valence electrons. The van der Waals surface area contributed by atoms with Gasteiger partial charge in [0.25, 0.3) is 0 Å². The van der Waals surface area contributed by atoms with Crippen LogP contribution in [-0.2, 0) is 6.54 Å². The lowest BCUT2D eigenvalue weighted by molar-refractivity contribution is 0.242. The molecule has 1 N–H and O–H groups in total. The van der Waals surface area contributed by atoms with Crippen molar-refractivity contribution >= 4 is 17.3 Å². The average Bonchev–Trinajstić information content (AvgIpc) is 2.41. The van der Waals surface area contributed by atoms with E-state index in [2.05, 4.69) is 5.32 Å². The Kier molecular flexibility index (Phi) is 4.85. The van der Waals surface area contributed by atoms with Gasteiger partial charge in [-0.3, -0.25) is 0 Å². The molecule has 0 saturated heterocycles. The Morgan fingerprint density at radius 2 is 1.85 bits per heavy atom. The molecule has 2 nitrogen and oxygen atoms in total. The molecule has 0 atom stereocenters. The minimum absolute atomic E-state index is 0.143. The van der Waals surface area contributed by atoms with Crippen molar-refractivity contribution in [1.82, 2.24) is 0 Å². The first kappa shape index (κ1) is 14.7. The molecule has 0 bridgehead atoms. The number of ether oxygens (including phenoxy) is 1. The van der Waals surface area contributed by atoms with Crippen molar-refractivity contribution in [2.45, 2.75) is 26.5 Å². The van der Waals surface area contributed by atoms with Gasteiger partial charge >= 0.3 is 0 Å². The third kappa shape index (κ3) is 4.14. The molecule has 0 spiro atoms. The molecule has 2 aromatic rings. The zero-order chi connectivity index (χ0) is 14.5. The third-order valence-corrected chi connectivity index (χ3v) is 3.01. The molecule has 0 aromatic heterocycles. The minimum Gasteiger partial charge on any atom is -0.491 e. The Morgan fingerprint density at radius 1 is 1.15 bits per heavy atom. The van der Waals surface area contributed by atoms with Crippen LogP contribution in [0.15, 0.2) is 42.5 Å². The van der Waals surface area contributed by atoms with Crippen LogP contribution < -0.4 is 10.1 Å². The number of rotatable bonds is 5. The Morgan fingerprint density at radius 3 is 2.45 bits per heavy atom. The maximum absolute atomic E-state index is 13.3. The van der Waals surface area contributed by atoms with Gasteiger partial charge in [-0.1, -0.05) is 17.7 Å². The van der Waals surface area contributed by atoms with E-state index in [4.69, 9.17) is 16.3 Å². The Labute approximate surface area is 123 Å². The topological polar surface area (TPSA) is 21.3 Å². The summed E-state index contributed by atoms with van der Waals surface area (Å²) < 4.78 is 18.9. The molecule has 0 aliphatic rings. The van der Waals surface area contributed by atoms with Gasteiger partial charge in [0.05, 0.1) is 11.1 Å². The number of halogens is 2. The quantitative estimate of drug-likeness (QED) is 0.848. The minimum atomic E-state index is -0.397. The summed E-state index contributed by atoms with van der Waals surface area (Å²) in [4.78, 5) is 0. The molecular weight excluding hydrogens is 277 g/mol. The molecule has 4 heteroatoms. The smallest absolute Gasteiger partial charge is 0.142 e. The highest BCUT2D eigenvalue weighted by atomic mass is 35.5. The van der Waals surface area contributed by atoms with Gasteiger partial charge < -0.3 is 10.1 Å². The zero-order valence-electron chi connectivity index (χ0n) is 11.5. The average molecular weight is 294 g/mol. The normalized spacial score (nSPS) is 10.7. The monoisotopic (exact) mass is 293 g/mol. The highest BCUT2D eigenvalue weighted by molar-refractivity contribution is 6.30. The van der Waals surface area contributed by atoms with E-state index in [9.17, 15) is 4.39 Å². The van der Waals surface area contributed by atoms with Crippen molar-refractivity contribution in [2.75, 3.05) is 5.32 Å². The summed E-state index contributed by atoms with van der Waals surface area (Å²) in [5, 5.41) is 3.37. The van der Waals surface area contributed by atoms with Crippen LogP contribution in [-0.4, -0.2) is 6.10 Å². The lowest BCUT2D eigenvalue weighted by atomic mass is 10.2. The standard InChI is InChI=1S/C16H17ClFNO/c1-11(2)20-14-6-4-13(5-7-14)19-10-12-3-8-15(17)16(18)9-12/h3-9,11,19H,10H2,1-2H3. The van der Waals surface area contributed by atoms with Crippen molar-refractivity contribution in [3.8, 4) is 5.75 Å². The van der Waals surface area contributed by atoms with E-state index in [-0.39, 0.29) is 11.1 Å². The van der Waals surface area contributed by atoms with Crippen molar-refractivity contribution in [3.63, 3.8) is 0 Å². The molecule has 2 rings (SSSR count). The highest BCUT2D eigenvalue weighted by Gasteiger charge is 2.02. The fourth-order valence-corrected chi connectivity index (χ4v) is 1.89. The zero-order valence-corrected chi connectivity index (χ0v) is 12.2. The van der Waals surface area contributed by atoms with Gasteiger partial charge in [0.1, 0.15) is 11.6 Å². The van der Waals surface area contributed by atoms with E-state index < -0.39 is 5.82 Å². The maximum atomic E-state index is 13.3. The second-order valence-corrected chi connectivity index (χ2v) is 5.20. The van der Waals surface area contributed by atoms with Crippen LogP contribution in [0, 0.1) is 5.82 Å². The van der Waals surface area contributed by atoms with Crippen LogP contribution >= 0.6 is 11.6 Å². The van der Waals surface area contributed by atoms with Crippen LogP contribution in [0.1, 0.15) is 19.4 Å². The molecule has 0 fully saturated rings. The number of hydrogen-bond donors (Lipinski definition) is 1. The van der Waals surface area contributed by atoms with E-state index >= 15 is 0 Å². The predicted octanol–water partition coefficient (Wildman–Crippen LogP) is 4.88. The van der Waals surface area contributed by atoms with Crippen LogP contribution in [0.3, 0.4) is 0 Å². The molecule has 20 heavy (non-hydrogen) atoms. The molecule has 0 radical (unpaired) electrons. The summed E-state index contributed by atoms with van der Waals surface area (Å²) in [7, 11) is 0.